The molecule has 3 nitrogen and oxygen atoms in total. The summed E-state index contributed by atoms with van der Waals surface area (Å²) in [6, 6.07) is 55.4. The van der Waals surface area contributed by atoms with E-state index in [1.54, 1.807) is 0 Å². The van der Waals surface area contributed by atoms with Gasteiger partial charge in [-0.1, -0.05) is 152 Å². The van der Waals surface area contributed by atoms with Crippen LogP contribution in [0.2, 0.25) is 0 Å². The van der Waals surface area contributed by atoms with Gasteiger partial charge in [-0.2, -0.15) is 0 Å². The fraction of sp³-hybridized carbons (Fsp3) is 0.0600. The Labute approximate surface area is 307 Å². The lowest BCUT2D eigenvalue weighted by molar-refractivity contribution is 0.664. The van der Waals surface area contributed by atoms with Gasteiger partial charge in [-0.25, -0.2) is 0 Å². The molecule has 0 fully saturated rings. The molecule has 0 radical (unpaired) electrons. The van der Waals surface area contributed by atoms with Gasteiger partial charge in [0.05, 0.1) is 16.7 Å². The number of nitrogens with one attached hydrogen (secondary N) is 1. The summed E-state index contributed by atoms with van der Waals surface area (Å²) in [7, 11) is 0. The molecule has 11 rings (SSSR count). The highest BCUT2D eigenvalue weighted by Gasteiger charge is 2.24. The lowest BCUT2D eigenvalue weighted by Crippen LogP contribution is -2.25. The molecule has 0 amide bonds. The van der Waals surface area contributed by atoms with Crippen molar-refractivity contribution in [2.75, 3.05) is 0 Å². The minimum atomic E-state index is -0.269. The van der Waals surface area contributed by atoms with E-state index in [2.05, 4.69) is 186 Å². The molecule has 8 aromatic carbocycles. The Morgan fingerprint density at radius 1 is 0.566 bits per heavy atom. The molecule has 53 heavy (non-hydrogen) atoms. The van der Waals surface area contributed by atoms with Crippen LogP contribution < -0.4 is 5.32 Å². The average molecular weight is 678 g/mol. The molecule has 1 aliphatic heterocycles. The number of rotatable bonds is 4. The highest BCUT2D eigenvalue weighted by molar-refractivity contribution is 6.36. The Morgan fingerprint density at radius 3 is 2.13 bits per heavy atom. The molecule has 1 N–H and O–H groups in total. The fourth-order valence-electron chi connectivity index (χ4n) is 8.81. The first kappa shape index (κ1) is 30.0. The summed E-state index contributed by atoms with van der Waals surface area (Å²) in [4.78, 5) is 5.40. The summed E-state index contributed by atoms with van der Waals surface area (Å²) >= 11 is 0. The van der Waals surface area contributed by atoms with Gasteiger partial charge < -0.3 is 9.88 Å². The van der Waals surface area contributed by atoms with Crippen LogP contribution in [-0.2, 0) is 0 Å². The number of allylic oxidation sites excluding steroid dienone is 5. The van der Waals surface area contributed by atoms with Gasteiger partial charge in [0.2, 0.25) is 0 Å². The van der Waals surface area contributed by atoms with Crippen molar-refractivity contribution < 1.29 is 0 Å². The second-order valence-electron chi connectivity index (χ2n) is 14.2. The zero-order valence-corrected chi connectivity index (χ0v) is 29.1. The molecule has 1 aromatic heterocycles. The molecule has 1 aliphatic carbocycles. The monoisotopic (exact) mass is 677 g/mol. The normalized spacial score (nSPS) is 16.0. The maximum atomic E-state index is 5.40. The van der Waals surface area contributed by atoms with Gasteiger partial charge in [0.25, 0.3) is 0 Å². The molecular formula is C50H35N3. The van der Waals surface area contributed by atoms with E-state index in [-0.39, 0.29) is 6.17 Å². The van der Waals surface area contributed by atoms with Crippen molar-refractivity contribution in [3.8, 4) is 5.69 Å². The molecule has 0 saturated carbocycles. The van der Waals surface area contributed by atoms with Crippen molar-refractivity contribution in [2.24, 2.45) is 4.99 Å². The van der Waals surface area contributed by atoms with Gasteiger partial charge in [-0.15, -0.1) is 0 Å². The largest absolute Gasteiger partial charge is 0.359 e. The Balaban J connectivity index is 1.15. The van der Waals surface area contributed by atoms with Crippen molar-refractivity contribution >= 4 is 76.3 Å². The predicted octanol–water partition coefficient (Wildman–Crippen LogP) is 12.8. The Kier molecular flexibility index (Phi) is 6.75. The van der Waals surface area contributed by atoms with Crippen LogP contribution in [0.1, 0.15) is 30.1 Å². The van der Waals surface area contributed by atoms with E-state index in [9.17, 15) is 0 Å². The van der Waals surface area contributed by atoms with Gasteiger partial charge >= 0.3 is 0 Å². The van der Waals surface area contributed by atoms with E-state index < -0.39 is 0 Å². The molecule has 9 aromatic rings. The van der Waals surface area contributed by atoms with E-state index >= 15 is 0 Å². The number of aliphatic imine (C=N–C) groups is 1. The first-order valence-corrected chi connectivity index (χ1v) is 18.6. The lowest BCUT2D eigenvalue weighted by atomic mass is 9.93. The average Bonchev–Trinajstić information content (AvgIpc) is 3.59. The number of aromatic nitrogens is 1. The van der Waals surface area contributed by atoms with Gasteiger partial charge in [0, 0.05) is 38.5 Å². The van der Waals surface area contributed by atoms with Gasteiger partial charge in [-0.3, -0.25) is 4.99 Å². The molecule has 1 unspecified atom stereocenters. The molecule has 2 heterocycles. The van der Waals surface area contributed by atoms with Crippen LogP contribution in [0.5, 0.6) is 0 Å². The van der Waals surface area contributed by atoms with Gasteiger partial charge in [0.15, 0.2) is 0 Å². The van der Waals surface area contributed by atoms with Crippen molar-refractivity contribution in [1.29, 1.82) is 0 Å². The van der Waals surface area contributed by atoms with Crippen molar-refractivity contribution in [2.45, 2.75) is 19.0 Å². The van der Waals surface area contributed by atoms with E-state index in [4.69, 9.17) is 4.99 Å². The Bertz CT molecular complexity index is 3090. The van der Waals surface area contributed by atoms with Crippen LogP contribution in [0.4, 0.5) is 0 Å². The number of hydrogen-bond donors (Lipinski definition) is 1. The molecule has 1 atom stereocenters. The summed E-state index contributed by atoms with van der Waals surface area (Å²) in [6.07, 6.45) is 10.9. The minimum absolute atomic E-state index is 0.269. The second-order valence-corrected chi connectivity index (χ2v) is 14.2. The zero-order chi connectivity index (χ0) is 34.9. The fourth-order valence-corrected chi connectivity index (χ4v) is 8.81. The highest BCUT2D eigenvalue weighted by Crippen LogP contribution is 2.45. The van der Waals surface area contributed by atoms with Crippen LogP contribution in [0, 0.1) is 0 Å². The Hall–Kier alpha value is -6.71. The summed E-state index contributed by atoms with van der Waals surface area (Å²) in [5.41, 5.74) is 9.14. The van der Waals surface area contributed by atoms with Crippen LogP contribution in [0.15, 0.2) is 187 Å². The quantitative estimate of drug-likeness (QED) is 0.185. The lowest BCUT2D eigenvalue weighted by Gasteiger charge is -2.26. The van der Waals surface area contributed by atoms with E-state index in [1.807, 2.05) is 0 Å². The summed E-state index contributed by atoms with van der Waals surface area (Å²) in [5, 5.41) is 16.5. The summed E-state index contributed by atoms with van der Waals surface area (Å²) in [6.45, 7) is 0. The van der Waals surface area contributed by atoms with Crippen LogP contribution >= 0.6 is 0 Å². The smallest absolute Gasteiger partial charge is 0.145 e. The van der Waals surface area contributed by atoms with Gasteiger partial charge in [0.1, 0.15) is 6.17 Å². The topological polar surface area (TPSA) is 29.3 Å². The van der Waals surface area contributed by atoms with E-state index in [0.717, 1.165) is 35.5 Å². The first-order valence-electron chi connectivity index (χ1n) is 18.6. The number of hydrogen-bond acceptors (Lipinski definition) is 2. The third-order valence-corrected chi connectivity index (χ3v) is 11.2. The maximum absolute atomic E-state index is 5.40. The third kappa shape index (κ3) is 4.71. The van der Waals surface area contributed by atoms with E-state index in [0.29, 0.717) is 0 Å². The number of para-hydroxylation sites is 1. The van der Waals surface area contributed by atoms with Crippen LogP contribution in [0.25, 0.3) is 76.3 Å². The predicted molar refractivity (Wildman–Crippen MR) is 225 cm³/mol. The minimum Gasteiger partial charge on any atom is -0.359 e. The molecule has 0 saturated heterocycles. The molecule has 250 valence electrons. The standard InChI is InChI=1S/C50H35N3/c1-2-16-34(17-3-1)44-31-45(40-26-13-18-32-14-4-6-21-37(32)40)52-50(51-44)35-19-12-20-36(30-35)53-46-27-11-10-25-43(46)48-47-38-22-7-5-15-33(38)28-29-41(47)39-23-8-9-24-42(39)49(48)53/h2,4-31,50,52H,1,3H2. The van der Waals surface area contributed by atoms with Crippen LogP contribution in [0.3, 0.4) is 0 Å². The Morgan fingerprint density at radius 2 is 1.28 bits per heavy atom. The molecular weight excluding hydrogens is 643 g/mol. The maximum Gasteiger partial charge on any atom is 0.145 e. The molecule has 3 heteroatoms. The zero-order valence-electron chi connectivity index (χ0n) is 29.1. The van der Waals surface area contributed by atoms with Crippen molar-refractivity contribution in [3.63, 3.8) is 0 Å². The third-order valence-electron chi connectivity index (χ3n) is 11.2. The first-order chi connectivity index (χ1) is 26.3. The van der Waals surface area contributed by atoms with Gasteiger partial charge in [-0.05, 0) is 80.6 Å². The van der Waals surface area contributed by atoms with Crippen molar-refractivity contribution in [3.05, 3.63) is 193 Å². The molecule has 0 bridgehead atoms. The number of fused-ring (bicyclic) bond motifs is 11. The number of benzene rings is 8. The van der Waals surface area contributed by atoms with E-state index in [1.165, 1.54) is 76.0 Å². The summed E-state index contributed by atoms with van der Waals surface area (Å²) < 4.78 is 2.49. The van der Waals surface area contributed by atoms with Crippen molar-refractivity contribution in [1.82, 2.24) is 9.88 Å². The highest BCUT2D eigenvalue weighted by atomic mass is 15.1. The molecule has 0 spiro atoms. The molecule has 2 aliphatic rings. The van der Waals surface area contributed by atoms with Crippen LogP contribution in [-0.4, -0.2) is 10.3 Å². The SMILES string of the molecule is C1=CC(C2=NC(c3cccc(-n4c5ccccc5c5c6c7ccccc7ccc6c6ccccc6c54)c3)NC(c3cccc4ccccc34)=C2)=CCC1. The second kappa shape index (κ2) is 11.9. The summed E-state index contributed by atoms with van der Waals surface area (Å²) in [5.74, 6) is 0. The number of nitrogens with zero attached hydrogens (tertiary/aromatic N) is 2.